The van der Waals surface area contributed by atoms with Crippen LogP contribution in [0.4, 0.5) is 0 Å². The molecule has 0 heterocycles. The summed E-state index contributed by atoms with van der Waals surface area (Å²) < 4.78 is 24.5. The molecule has 0 radical (unpaired) electrons. The standard InChI is InChI=1S/C12H8Cl2O3S/c13-10-6-9(7-11(14)12(10)15)18(16,17)8-4-2-1-3-5-8/h1-7,15H. The van der Waals surface area contributed by atoms with E-state index in [0.717, 1.165) is 0 Å². The molecular weight excluding hydrogens is 295 g/mol. The average molecular weight is 303 g/mol. The molecule has 0 saturated heterocycles. The van der Waals surface area contributed by atoms with Gasteiger partial charge in [-0.1, -0.05) is 41.4 Å². The smallest absolute Gasteiger partial charge is 0.206 e. The Labute approximate surface area is 115 Å². The number of rotatable bonds is 2. The molecule has 0 bridgehead atoms. The lowest BCUT2D eigenvalue weighted by Gasteiger charge is -2.07. The molecule has 0 atom stereocenters. The Morgan fingerprint density at radius 1 is 0.889 bits per heavy atom. The second kappa shape index (κ2) is 4.80. The van der Waals surface area contributed by atoms with Crippen molar-refractivity contribution in [3.8, 4) is 5.75 Å². The fourth-order valence-corrected chi connectivity index (χ4v) is 3.38. The van der Waals surface area contributed by atoms with Gasteiger partial charge in [0.25, 0.3) is 0 Å². The fraction of sp³-hybridized carbons (Fsp3) is 0. The summed E-state index contributed by atoms with van der Waals surface area (Å²) in [5, 5.41) is 9.21. The number of hydrogen-bond acceptors (Lipinski definition) is 3. The predicted octanol–water partition coefficient (Wildman–Crippen LogP) is 3.53. The van der Waals surface area contributed by atoms with Crippen LogP contribution in [-0.2, 0) is 9.84 Å². The molecule has 1 N–H and O–H groups in total. The van der Waals surface area contributed by atoms with Crippen LogP contribution in [0.1, 0.15) is 0 Å². The highest BCUT2D eigenvalue weighted by molar-refractivity contribution is 7.91. The zero-order valence-electron chi connectivity index (χ0n) is 8.97. The maximum Gasteiger partial charge on any atom is 0.206 e. The highest BCUT2D eigenvalue weighted by Crippen LogP contribution is 2.35. The molecule has 0 aromatic heterocycles. The highest BCUT2D eigenvalue weighted by atomic mass is 35.5. The SMILES string of the molecule is O=S(=O)(c1ccccc1)c1cc(Cl)c(O)c(Cl)c1. The second-order valence-corrected chi connectivity index (χ2v) is 6.32. The van der Waals surface area contributed by atoms with Crippen molar-refractivity contribution < 1.29 is 13.5 Å². The van der Waals surface area contributed by atoms with Gasteiger partial charge in [0.2, 0.25) is 9.84 Å². The third-order valence-electron chi connectivity index (χ3n) is 2.35. The normalized spacial score (nSPS) is 11.4. The van der Waals surface area contributed by atoms with Crippen molar-refractivity contribution in [3.63, 3.8) is 0 Å². The monoisotopic (exact) mass is 302 g/mol. The van der Waals surface area contributed by atoms with E-state index in [-0.39, 0.29) is 25.6 Å². The molecule has 6 heteroatoms. The molecule has 18 heavy (non-hydrogen) atoms. The number of hydrogen-bond donors (Lipinski definition) is 1. The van der Waals surface area contributed by atoms with E-state index in [1.807, 2.05) is 0 Å². The molecule has 94 valence electrons. The van der Waals surface area contributed by atoms with E-state index < -0.39 is 9.84 Å². The van der Waals surface area contributed by atoms with E-state index in [0.29, 0.717) is 0 Å². The summed E-state index contributed by atoms with van der Waals surface area (Å²) in [4.78, 5) is 0.0873. The van der Waals surface area contributed by atoms with Crippen LogP contribution in [0.5, 0.6) is 5.75 Å². The van der Waals surface area contributed by atoms with Crippen molar-refractivity contribution in [3.05, 3.63) is 52.5 Å². The van der Waals surface area contributed by atoms with Crippen LogP contribution in [0.2, 0.25) is 10.0 Å². The van der Waals surface area contributed by atoms with Gasteiger partial charge in [0.15, 0.2) is 5.75 Å². The van der Waals surface area contributed by atoms with E-state index in [2.05, 4.69) is 0 Å². The molecule has 0 fully saturated rings. The minimum atomic E-state index is -3.68. The van der Waals surface area contributed by atoms with Gasteiger partial charge in [0.05, 0.1) is 19.8 Å². The molecule has 0 amide bonds. The Balaban J connectivity index is 2.63. The Morgan fingerprint density at radius 3 is 1.89 bits per heavy atom. The Kier molecular flexibility index (Phi) is 3.52. The highest BCUT2D eigenvalue weighted by Gasteiger charge is 2.20. The van der Waals surface area contributed by atoms with E-state index >= 15 is 0 Å². The molecule has 2 aromatic rings. The van der Waals surface area contributed by atoms with Gasteiger partial charge < -0.3 is 5.11 Å². The molecule has 0 unspecified atom stereocenters. The van der Waals surface area contributed by atoms with E-state index in [1.165, 1.54) is 24.3 Å². The van der Waals surface area contributed by atoms with Gasteiger partial charge in [-0.2, -0.15) is 0 Å². The third kappa shape index (κ3) is 2.32. The molecule has 0 aliphatic rings. The molecule has 0 saturated carbocycles. The van der Waals surface area contributed by atoms with Gasteiger partial charge in [-0.3, -0.25) is 0 Å². The Hall–Kier alpha value is -1.23. The van der Waals surface area contributed by atoms with Crippen molar-refractivity contribution in [2.24, 2.45) is 0 Å². The lowest BCUT2D eigenvalue weighted by Crippen LogP contribution is -2.01. The van der Waals surface area contributed by atoms with Crippen LogP contribution in [-0.4, -0.2) is 13.5 Å². The topological polar surface area (TPSA) is 54.4 Å². The van der Waals surface area contributed by atoms with Crippen molar-refractivity contribution in [1.29, 1.82) is 0 Å². The molecule has 0 aliphatic heterocycles. The molecule has 3 nitrogen and oxygen atoms in total. The summed E-state index contributed by atoms with van der Waals surface area (Å²) in [5.41, 5.74) is 0. The van der Waals surface area contributed by atoms with Crippen molar-refractivity contribution in [2.45, 2.75) is 9.79 Å². The quantitative estimate of drug-likeness (QED) is 0.923. The largest absolute Gasteiger partial charge is 0.505 e. The zero-order valence-corrected chi connectivity index (χ0v) is 11.3. The summed E-state index contributed by atoms with van der Waals surface area (Å²) in [7, 11) is -3.68. The molecular formula is C12H8Cl2O3S. The van der Waals surface area contributed by atoms with Crippen LogP contribution < -0.4 is 0 Å². The number of benzene rings is 2. The molecule has 2 aromatic carbocycles. The number of phenolic OH excluding ortho intramolecular Hbond substituents is 1. The van der Waals surface area contributed by atoms with Gasteiger partial charge in [0.1, 0.15) is 0 Å². The van der Waals surface area contributed by atoms with Gasteiger partial charge in [-0.05, 0) is 24.3 Å². The van der Waals surface area contributed by atoms with Crippen LogP contribution in [0, 0.1) is 0 Å². The summed E-state index contributed by atoms with van der Waals surface area (Å²) in [6, 6.07) is 10.3. The lowest BCUT2D eigenvalue weighted by molar-refractivity contribution is 0.475. The first kappa shape index (κ1) is 13.2. The molecule has 0 aliphatic carbocycles. The van der Waals surface area contributed by atoms with E-state index in [9.17, 15) is 13.5 Å². The summed E-state index contributed by atoms with van der Waals surface area (Å²) in [6.45, 7) is 0. The third-order valence-corrected chi connectivity index (χ3v) is 4.68. The second-order valence-electron chi connectivity index (χ2n) is 3.55. The number of phenols is 1. The molecule has 0 spiro atoms. The minimum absolute atomic E-state index is 0.0542. The molecule has 2 rings (SSSR count). The van der Waals surface area contributed by atoms with Gasteiger partial charge in [-0.15, -0.1) is 0 Å². The lowest BCUT2D eigenvalue weighted by atomic mass is 10.3. The van der Waals surface area contributed by atoms with Crippen LogP contribution in [0.25, 0.3) is 0 Å². The van der Waals surface area contributed by atoms with Crippen LogP contribution in [0.15, 0.2) is 52.3 Å². The number of sulfone groups is 1. The Morgan fingerprint density at radius 2 is 1.39 bits per heavy atom. The van der Waals surface area contributed by atoms with Crippen LogP contribution in [0.3, 0.4) is 0 Å². The first-order valence-electron chi connectivity index (χ1n) is 4.91. The first-order chi connectivity index (χ1) is 8.43. The van der Waals surface area contributed by atoms with Gasteiger partial charge >= 0.3 is 0 Å². The zero-order chi connectivity index (χ0) is 13.3. The Bertz CT molecular complexity index is 659. The van der Waals surface area contributed by atoms with Crippen molar-refractivity contribution >= 4 is 33.0 Å². The maximum absolute atomic E-state index is 12.3. The summed E-state index contributed by atoms with van der Waals surface area (Å²) in [5.74, 6) is -0.328. The van der Waals surface area contributed by atoms with E-state index in [4.69, 9.17) is 23.2 Å². The van der Waals surface area contributed by atoms with Gasteiger partial charge in [-0.25, -0.2) is 8.42 Å². The van der Waals surface area contributed by atoms with E-state index in [1.54, 1.807) is 18.2 Å². The average Bonchev–Trinajstić information content (AvgIpc) is 2.36. The van der Waals surface area contributed by atoms with Gasteiger partial charge in [0, 0.05) is 0 Å². The first-order valence-corrected chi connectivity index (χ1v) is 7.15. The number of aromatic hydroxyl groups is 1. The van der Waals surface area contributed by atoms with Crippen molar-refractivity contribution in [2.75, 3.05) is 0 Å². The fourth-order valence-electron chi connectivity index (χ4n) is 1.43. The predicted molar refractivity (Wildman–Crippen MR) is 70.0 cm³/mol. The minimum Gasteiger partial charge on any atom is -0.505 e. The summed E-state index contributed by atoms with van der Waals surface area (Å²) in [6.07, 6.45) is 0. The summed E-state index contributed by atoms with van der Waals surface area (Å²) >= 11 is 11.4. The van der Waals surface area contributed by atoms with Crippen molar-refractivity contribution in [1.82, 2.24) is 0 Å². The maximum atomic E-state index is 12.3. The number of halogens is 2. The van der Waals surface area contributed by atoms with Crippen LogP contribution >= 0.6 is 23.2 Å².